The van der Waals surface area contributed by atoms with Crippen LogP contribution in [0.2, 0.25) is 0 Å². The van der Waals surface area contributed by atoms with Crippen LogP contribution in [0.15, 0.2) is 24.3 Å². The quantitative estimate of drug-likeness (QED) is 0.822. The van der Waals surface area contributed by atoms with Gasteiger partial charge >= 0.3 is 5.97 Å². The molecule has 2 atom stereocenters. The molecule has 0 bridgehead atoms. The molecule has 4 heteroatoms. The van der Waals surface area contributed by atoms with E-state index < -0.39 is 18.2 Å². The van der Waals surface area contributed by atoms with Crippen LogP contribution >= 0.6 is 0 Å². The second-order valence-electron chi connectivity index (χ2n) is 4.13. The van der Waals surface area contributed by atoms with Gasteiger partial charge in [0.2, 0.25) is 6.17 Å². The monoisotopic (exact) mass is 224 g/mol. The number of rotatable bonds is 4. The first kappa shape index (κ1) is 11.1. The minimum absolute atomic E-state index is 0.305. The number of carboxylic acid groups (broad SMARTS) is 1. The van der Waals surface area contributed by atoms with Crippen molar-refractivity contribution in [2.24, 2.45) is 0 Å². The molecular weight excluding hydrogens is 211 g/mol. The lowest BCUT2D eigenvalue weighted by Crippen LogP contribution is -2.23. The average Bonchev–Trinajstić information content (AvgIpc) is 3.11. The van der Waals surface area contributed by atoms with Crippen LogP contribution in [0.1, 0.15) is 36.0 Å². The molecule has 2 unspecified atom stereocenters. The summed E-state index contributed by atoms with van der Waals surface area (Å²) in [5.41, 5.74) is 1.47. The summed E-state index contributed by atoms with van der Waals surface area (Å²) < 4.78 is 13.0. The maximum Gasteiger partial charge on any atom is 0.341 e. The summed E-state index contributed by atoms with van der Waals surface area (Å²) in [5.74, 6) is -1.05. The van der Waals surface area contributed by atoms with Gasteiger partial charge in [0, 0.05) is 0 Å². The van der Waals surface area contributed by atoms with E-state index in [1.807, 2.05) is 12.1 Å². The Hall–Kier alpha value is -1.42. The Morgan fingerprint density at radius 1 is 1.31 bits per heavy atom. The average molecular weight is 224 g/mol. The molecule has 1 aliphatic rings. The molecule has 1 aliphatic carbocycles. The molecule has 0 aromatic heterocycles. The molecule has 0 saturated heterocycles. The zero-order valence-electron chi connectivity index (χ0n) is 8.64. The number of alkyl halides is 1. The number of aliphatic carboxylic acids is 1. The molecule has 16 heavy (non-hydrogen) atoms. The lowest BCUT2D eigenvalue weighted by Gasteiger charge is -2.12. The predicted octanol–water partition coefficient (Wildman–Crippen LogP) is 2.02. The van der Waals surface area contributed by atoms with Crippen molar-refractivity contribution in [2.45, 2.75) is 31.0 Å². The van der Waals surface area contributed by atoms with Gasteiger partial charge in [-0.2, -0.15) is 0 Å². The summed E-state index contributed by atoms with van der Waals surface area (Å²) >= 11 is 0. The van der Waals surface area contributed by atoms with E-state index in [0.29, 0.717) is 11.5 Å². The van der Waals surface area contributed by atoms with Gasteiger partial charge in [-0.15, -0.1) is 0 Å². The molecule has 2 N–H and O–H groups in total. The molecule has 1 aromatic rings. The first-order valence-electron chi connectivity index (χ1n) is 5.24. The standard InChI is InChI=1S/C12H13FO3/c13-10(12(15)16)11(14)9-5-3-8(4-6-9)7-1-2-7/h3-7,10-11,14H,1-2H2,(H,15,16). The van der Waals surface area contributed by atoms with Gasteiger partial charge in [-0.1, -0.05) is 24.3 Å². The van der Waals surface area contributed by atoms with E-state index in [1.54, 1.807) is 12.1 Å². The van der Waals surface area contributed by atoms with E-state index in [-0.39, 0.29) is 0 Å². The van der Waals surface area contributed by atoms with Crippen molar-refractivity contribution in [2.75, 3.05) is 0 Å². The Kier molecular flexibility index (Phi) is 2.92. The summed E-state index contributed by atoms with van der Waals surface area (Å²) in [4.78, 5) is 10.4. The number of aliphatic hydroxyl groups is 1. The minimum atomic E-state index is -2.27. The summed E-state index contributed by atoms with van der Waals surface area (Å²) in [6.07, 6.45) is -1.52. The number of halogens is 1. The van der Waals surface area contributed by atoms with Gasteiger partial charge in [0.05, 0.1) is 0 Å². The van der Waals surface area contributed by atoms with Crippen LogP contribution in [0, 0.1) is 0 Å². The lowest BCUT2D eigenvalue weighted by atomic mass is 10.0. The van der Waals surface area contributed by atoms with Gasteiger partial charge in [0.15, 0.2) is 0 Å². The van der Waals surface area contributed by atoms with Crippen LogP contribution < -0.4 is 0 Å². The van der Waals surface area contributed by atoms with Gasteiger partial charge in [-0.05, 0) is 29.9 Å². The van der Waals surface area contributed by atoms with Gasteiger partial charge in [-0.3, -0.25) is 0 Å². The topological polar surface area (TPSA) is 57.5 Å². The second kappa shape index (κ2) is 4.22. The minimum Gasteiger partial charge on any atom is -0.479 e. The maximum absolute atomic E-state index is 13.0. The van der Waals surface area contributed by atoms with Crippen molar-refractivity contribution in [3.8, 4) is 0 Å². The molecule has 0 spiro atoms. The lowest BCUT2D eigenvalue weighted by molar-refractivity contribution is -0.147. The maximum atomic E-state index is 13.0. The van der Waals surface area contributed by atoms with E-state index >= 15 is 0 Å². The summed E-state index contributed by atoms with van der Waals surface area (Å²) in [6, 6.07) is 6.83. The van der Waals surface area contributed by atoms with Crippen LogP contribution in [0.4, 0.5) is 4.39 Å². The van der Waals surface area contributed by atoms with Crippen molar-refractivity contribution >= 4 is 5.97 Å². The largest absolute Gasteiger partial charge is 0.479 e. The highest BCUT2D eigenvalue weighted by Crippen LogP contribution is 2.40. The van der Waals surface area contributed by atoms with Crippen LogP contribution in [0.25, 0.3) is 0 Å². The molecule has 86 valence electrons. The zero-order chi connectivity index (χ0) is 11.7. The third kappa shape index (κ3) is 2.22. The zero-order valence-corrected chi connectivity index (χ0v) is 8.64. The first-order chi connectivity index (χ1) is 7.59. The van der Waals surface area contributed by atoms with Crippen LogP contribution in [-0.4, -0.2) is 22.4 Å². The second-order valence-corrected chi connectivity index (χ2v) is 4.13. The molecular formula is C12H13FO3. The van der Waals surface area contributed by atoms with Gasteiger partial charge in [-0.25, -0.2) is 9.18 Å². The number of carboxylic acids is 1. The molecule has 1 aromatic carbocycles. The smallest absolute Gasteiger partial charge is 0.341 e. The van der Waals surface area contributed by atoms with Crippen molar-refractivity contribution < 1.29 is 19.4 Å². The molecule has 0 radical (unpaired) electrons. The fraction of sp³-hybridized carbons (Fsp3) is 0.417. The molecule has 1 fully saturated rings. The van der Waals surface area contributed by atoms with Crippen molar-refractivity contribution in [3.63, 3.8) is 0 Å². The highest BCUT2D eigenvalue weighted by Gasteiger charge is 2.28. The molecule has 3 nitrogen and oxygen atoms in total. The van der Waals surface area contributed by atoms with E-state index in [4.69, 9.17) is 5.11 Å². The number of benzene rings is 1. The predicted molar refractivity (Wildman–Crippen MR) is 55.9 cm³/mol. The number of hydrogen-bond acceptors (Lipinski definition) is 2. The van der Waals surface area contributed by atoms with Crippen LogP contribution in [-0.2, 0) is 4.79 Å². The Morgan fingerprint density at radius 2 is 1.88 bits per heavy atom. The molecule has 0 amide bonds. The third-order valence-electron chi connectivity index (χ3n) is 2.84. The number of hydrogen-bond donors (Lipinski definition) is 2. The van der Waals surface area contributed by atoms with E-state index in [9.17, 15) is 14.3 Å². The number of aliphatic hydroxyl groups excluding tert-OH is 1. The molecule has 0 heterocycles. The molecule has 1 saturated carbocycles. The van der Waals surface area contributed by atoms with Gasteiger partial charge in [0.25, 0.3) is 0 Å². The fourth-order valence-corrected chi connectivity index (χ4v) is 1.69. The van der Waals surface area contributed by atoms with E-state index in [2.05, 4.69) is 0 Å². The Morgan fingerprint density at radius 3 is 2.31 bits per heavy atom. The number of carbonyl (C=O) groups is 1. The fourth-order valence-electron chi connectivity index (χ4n) is 1.69. The highest BCUT2D eigenvalue weighted by atomic mass is 19.1. The third-order valence-corrected chi connectivity index (χ3v) is 2.84. The first-order valence-corrected chi connectivity index (χ1v) is 5.24. The Bertz CT molecular complexity index is 384. The highest BCUT2D eigenvalue weighted by molar-refractivity contribution is 5.73. The summed E-state index contributed by atoms with van der Waals surface area (Å²) in [6.45, 7) is 0. The van der Waals surface area contributed by atoms with Crippen molar-refractivity contribution in [3.05, 3.63) is 35.4 Å². The van der Waals surface area contributed by atoms with E-state index in [0.717, 1.165) is 0 Å². The summed E-state index contributed by atoms with van der Waals surface area (Å²) in [7, 11) is 0. The SMILES string of the molecule is O=C(O)C(F)C(O)c1ccc(C2CC2)cc1. The van der Waals surface area contributed by atoms with Crippen LogP contribution in [0.3, 0.4) is 0 Å². The van der Waals surface area contributed by atoms with Gasteiger partial charge < -0.3 is 10.2 Å². The summed E-state index contributed by atoms with van der Waals surface area (Å²) in [5, 5.41) is 17.9. The Balaban J connectivity index is 2.11. The van der Waals surface area contributed by atoms with E-state index in [1.165, 1.54) is 18.4 Å². The van der Waals surface area contributed by atoms with Crippen molar-refractivity contribution in [1.82, 2.24) is 0 Å². The van der Waals surface area contributed by atoms with Crippen molar-refractivity contribution in [1.29, 1.82) is 0 Å². The molecule has 2 rings (SSSR count). The molecule has 0 aliphatic heterocycles. The van der Waals surface area contributed by atoms with Gasteiger partial charge in [0.1, 0.15) is 6.10 Å². The van der Waals surface area contributed by atoms with Crippen LogP contribution in [0.5, 0.6) is 0 Å². The Labute approximate surface area is 92.5 Å². The normalized spacial score (nSPS) is 19.1.